The Morgan fingerprint density at radius 3 is 1.06 bits per heavy atom. The summed E-state index contributed by atoms with van der Waals surface area (Å²) in [5, 5.41) is 0. The summed E-state index contributed by atoms with van der Waals surface area (Å²) in [5.41, 5.74) is 15.6. The Morgan fingerprint density at radius 1 is 0.312 bits per heavy atom. The zero-order valence-corrected chi connectivity index (χ0v) is 25.8. The van der Waals surface area contributed by atoms with Crippen molar-refractivity contribution in [1.29, 1.82) is 0 Å². The van der Waals surface area contributed by atoms with Gasteiger partial charge in [0.1, 0.15) is 0 Å². The fourth-order valence-corrected chi connectivity index (χ4v) is 6.67. The Kier molecular flexibility index (Phi) is 6.68. The van der Waals surface area contributed by atoms with Crippen LogP contribution >= 0.6 is 0 Å². The van der Waals surface area contributed by atoms with Crippen molar-refractivity contribution in [2.24, 2.45) is 0 Å². The number of hydrogen-bond donors (Lipinski definition) is 2. The molecule has 0 amide bonds. The van der Waals surface area contributed by atoms with Crippen LogP contribution in [0.1, 0.15) is 22.8 Å². The molecule has 0 aliphatic carbocycles. The number of aromatic amines is 2. The lowest BCUT2D eigenvalue weighted by molar-refractivity contribution is 1.27. The highest BCUT2D eigenvalue weighted by atomic mass is 14.8. The third-order valence-electron chi connectivity index (χ3n) is 8.82. The van der Waals surface area contributed by atoms with E-state index >= 15 is 0 Å². The van der Waals surface area contributed by atoms with Gasteiger partial charge in [-0.3, -0.25) is 9.97 Å². The zero-order chi connectivity index (χ0) is 31.9. The molecular weight excluding hydrogens is 589 g/mol. The first-order valence-electron chi connectivity index (χ1n) is 15.9. The van der Waals surface area contributed by atoms with E-state index in [9.17, 15) is 0 Å². The van der Waals surface area contributed by atoms with E-state index in [1.165, 1.54) is 0 Å². The summed E-state index contributed by atoms with van der Waals surface area (Å²) in [5.74, 6) is 0. The van der Waals surface area contributed by atoms with Crippen LogP contribution in [0.25, 0.3) is 90.9 Å². The van der Waals surface area contributed by atoms with Crippen LogP contribution in [0, 0.1) is 0 Å². The Morgan fingerprint density at radius 2 is 0.646 bits per heavy atom. The van der Waals surface area contributed by atoms with Gasteiger partial charge in [0.25, 0.3) is 0 Å². The number of pyridine rings is 2. The smallest absolute Gasteiger partial charge is 0.0738 e. The summed E-state index contributed by atoms with van der Waals surface area (Å²) < 4.78 is 0. The lowest BCUT2D eigenvalue weighted by Crippen LogP contribution is -1.91. The van der Waals surface area contributed by atoms with Crippen molar-refractivity contribution in [1.82, 2.24) is 29.9 Å². The maximum atomic E-state index is 5.31. The van der Waals surface area contributed by atoms with Gasteiger partial charge in [0.2, 0.25) is 0 Å². The highest BCUT2D eigenvalue weighted by Gasteiger charge is 2.19. The van der Waals surface area contributed by atoms with Gasteiger partial charge in [-0.15, -0.1) is 0 Å². The first-order valence-corrected chi connectivity index (χ1v) is 15.9. The molecule has 2 aliphatic rings. The molecule has 6 nitrogen and oxygen atoms in total. The number of fused-ring (bicyclic) bond motifs is 8. The molecule has 7 aromatic rings. The number of nitrogens with one attached hydrogen (secondary N) is 2. The number of rotatable bonds is 4. The molecule has 0 atom stereocenters. The third-order valence-corrected chi connectivity index (χ3v) is 8.82. The van der Waals surface area contributed by atoms with Gasteiger partial charge in [0.15, 0.2) is 0 Å². The minimum Gasteiger partial charge on any atom is -0.354 e. The molecule has 7 heterocycles. The van der Waals surface area contributed by atoms with Gasteiger partial charge < -0.3 is 9.97 Å². The molecule has 0 spiro atoms. The molecule has 0 radical (unpaired) electrons. The molecule has 226 valence electrons. The van der Waals surface area contributed by atoms with Gasteiger partial charge in [-0.1, -0.05) is 60.7 Å². The molecule has 0 saturated heterocycles. The van der Waals surface area contributed by atoms with E-state index in [1.807, 2.05) is 61.2 Å². The van der Waals surface area contributed by atoms with Gasteiger partial charge in [0, 0.05) is 69.1 Å². The quantitative estimate of drug-likeness (QED) is 0.206. The van der Waals surface area contributed by atoms with Crippen molar-refractivity contribution in [2.45, 2.75) is 0 Å². The van der Waals surface area contributed by atoms with Gasteiger partial charge >= 0.3 is 0 Å². The molecule has 9 rings (SSSR count). The second kappa shape index (κ2) is 11.6. The molecule has 2 aromatic carbocycles. The normalized spacial score (nSPS) is 12.0. The minimum absolute atomic E-state index is 0.848. The van der Waals surface area contributed by atoms with Crippen LogP contribution in [-0.4, -0.2) is 29.9 Å². The van der Waals surface area contributed by atoms with Crippen molar-refractivity contribution < 1.29 is 0 Å². The first-order chi connectivity index (χ1) is 23.8. The molecule has 6 heteroatoms. The van der Waals surface area contributed by atoms with Crippen LogP contribution in [0.3, 0.4) is 0 Å². The molecule has 0 saturated carbocycles. The van der Waals surface area contributed by atoms with Crippen LogP contribution in [0.5, 0.6) is 0 Å². The maximum absolute atomic E-state index is 5.31. The molecular formula is C42H28N6. The molecule has 48 heavy (non-hydrogen) atoms. The number of benzene rings is 2. The van der Waals surface area contributed by atoms with Crippen molar-refractivity contribution >= 4 is 46.4 Å². The van der Waals surface area contributed by atoms with Crippen LogP contribution in [0.4, 0.5) is 0 Å². The lowest BCUT2D eigenvalue weighted by Gasteiger charge is -2.06. The molecule has 0 fully saturated rings. The average molecular weight is 617 g/mol. The van der Waals surface area contributed by atoms with E-state index < -0.39 is 0 Å². The van der Waals surface area contributed by atoms with Crippen LogP contribution in [0.2, 0.25) is 0 Å². The molecule has 2 aliphatic heterocycles. The number of H-pyrrole nitrogens is 2. The Bertz CT molecular complexity index is 2390. The molecule has 2 N–H and O–H groups in total. The second-order valence-corrected chi connectivity index (χ2v) is 11.7. The molecule has 5 aromatic heterocycles. The monoisotopic (exact) mass is 616 g/mol. The highest BCUT2D eigenvalue weighted by Crippen LogP contribution is 2.38. The first kappa shape index (κ1) is 27.6. The van der Waals surface area contributed by atoms with E-state index in [2.05, 4.69) is 117 Å². The van der Waals surface area contributed by atoms with Crippen molar-refractivity contribution in [3.63, 3.8) is 0 Å². The zero-order valence-electron chi connectivity index (χ0n) is 25.8. The summed E-state index contributed by atoms with van der Waals surface area (Å²) in [6.45, 7) is 0. The summed E-state index contributed by atoms with van der Waals surface area (Å²) in [4.78, 5) is 26.8. The molecule has 8 bridgehead atoms. The second-order valence-electron chi connectivity index (χ2n) is 11.7. The van der Waals surface area contributed by atoms with Crippen LogP contribution in [-0.2, 0) is 0 Å². The largest absolute Gasteiger partial charge is 0.354 e. The minimum atomic E-state index is 0.848. The standard InChI is InChI=1S/C42H28N6/c1-3-7-27(8-4-1)39-31-11-15-35(45-31)41(29-19-23-43-24-20-29)37-17-13-33(47-37)40(28-9-5-2-6-10-28)34-14-18-38(48-34)42(30-21-25-44-26-22-30)36-16-12-32(39)46-36/h1-26,45,47H. The average Bonchev–Trinajstić information content (AvgIpc) is 3.98. The van der Waals surface area contributed by atoms with Gasteiger partial charge in [0.05, 0.1) is 22.8 Å². The van der Waals surface area contributed by atoms with Crippen molar-refractivity contribution in [3.8, 4) is 44.5 Å². The SMILES string of the molecule is C1=Cc2nc1c(-c1ccncc1)c1nc(c(-c3ccccc3)c3ccc([nH]3)c(-c3ccncc3)c3ccc([nH]3)c2-c2ccccc2)C=C1. The Balaban J connectivity index is 1.49. The van der Waals surface area contributed by atoms with Crippen molar-refractivity contribution in [2.75, 3.05) is 0 Å². The topological polar surface area (TPSA) is 83.1 Å². The summed E-state index contributed by atoms with van der Waals surface area (Å²) in [6, 6.07) is 37.6. The summed E-state index contributed by atoms with van der Waals surface area (Å²) in [7, 11) is 0. The summed E-state index contributed by atoms with van der Waals surface area (Å²) in [6.07, 6.45) is 15.7. The number of nitrogens with zero attached hydrogens (tertiary/aromatic N) is 4. The van der Waals surface area contributed by atoms with Gasteiger partial charge in [-0.25, -0.2) is 9.97 Å². The van der Waals surface area contributed by atoms with Gasteiger partial charge in [-0.2, -0.15) is 0 Å². The fraction of sp³-hybridized carbons (Fsp3) is 0. The predicted octanol–water partition coefficient (Wildman–Crippen LogP) is 10.1. The Labute approximate surface area is 276 Å². The van der Waals surface area contributed by atoms with Crippen LogP contribution < -0.4 is 0 Å². The Hall–Kier alpha value is -6.66. The number of aromatic nitrogens is 6. The van der Waals surface area contributed by atoms with E-state index in [-0.39, 0.29) is 0 Å². The van der Waals surface area contributed by atoms with E-state index in [0.29, 0.717) is 0 Å². The maximum Gasteiger partial charge on any atom is 0.0738 e. The molecule has 0 unspecified atom stereocenters. The van der Waals surface area contributed by atoms with E-state index in [1.54, 1.807) is 0 Å². The van der Waals surface area contributed by atoms with E-state index in [0.717, 1.165) is 89.4 Å². The van der Waals surface area contributed by atoms with Crippen molar-refractivity contribution in [3.05, 3.63) is 157 Å². The predicted molar refractivity (Wildman–Crippen MR) is 196 cm³/mol. The fourth-order valence-electron chi connectivity index (χ4n) is 6.67. The summed E-state index contributed by atoms with van der Waals surface area (Å²) >= 11 is 0. The third kappa shape index (κ3) is 4.84. The lowest BCUT2D eigenvalue weighted by atomic mass is 10.0. The number of hydrogen-bond acceptors (Lipinski definition) is 4. The van der Waals surface area contributed by atoms with E-state index in [4.69, 9.17) is 9.97 Å². The highest BCUT2D eigenvalue weighted by molar-refractivity contribution is 6.00. The van der Waals surface area contributed by atoms with Gasteiger partial charge in [-0.05, 0) is 95.1 Å². The van der Waals surface area contributed by atoms with Crippen LogP contribution in [0.15, 0.2) is 134 Å².